The van der Waals surface area contributed by atoms with Gasteiger partial charge in [-0.2, -0.15) is 0 Å². The molecule has 6 nitrogen and oxygen atoms in total. The highest BCUT2D eigenvalue weighted by atomic mass is 79.9. The quantitative estimate of drug-likeness (QED) is 0.469. The fourth-order valence-electron chi connectivity index (χ4n) is 1.91. The van der Waals surface area contributed by atoms with Crippen molar-refractivity contribution in [1.82, 2.24) is 9.55 Å². The Morgan fingerprint density at radius 1 is 1.43 bits per heavy atom. The van der Waals surface area contributed by atoms with Crippen molar-refractivity contribution in [1.29, 1.82) is 0 Å². The number of aromatic nitrogens is 2. The Morgan fingerprint density at radius 3 is 2.71 bits per heavy atom. The molecule has 0 radical (unpaired) electrons. The zero-order valence-corrected chi connectivity index (χ0v) is 13.4. The first-order valence-corrected chi connectivity index (χ1v) is 7.28. The summed E-state index contributed by atoms with van der Waals surface area (Å²) in [5, 5.41) is 10.9. The molecule has 0 bridgehead atoms. The number of aryl methyl sites for hydroxylation is 1. The highest BCUT2D eigenvalue weighted by Crippen LogP contribution is 2.23. The number of non-ortho nitro benzene ring substituents is 1. The third-order valence-corrected chi connectivity index (χ3v) is 3.88. The van der Waals surface area contributed by atoms with E-state index in [2.05, 4.69) is 20.9 Å². The van der Waals surface area contributed by atoms with E-state index in [0.29, 0.717) is 16.7 Å². The van der Waals surface area contributed by atoms with Gasteiger partial charge in [0.2, 0.25) is 0 Å². The molecule has 0 aliphatic carbocycles. The highest BCUT2D eigenvalue weighted by Gasteiger charge is 2.12. The molecule has 110 valence electrons. The van der Waals surface area contributed by atoms with Gasteiger partial charge in [0, 0.05) is 29.1 Å². The molecule has 2 rings (SSSR count). The van der Waals surface area contributed by atoms with Crippen LogP contribution in [0.1, 0.15) is 18.3 Å². The molecule has 21 heavy (non-hydrogen) atoms. The summed E-state index contributed by atoms with van der Waals surface area (Å²) in [6.07, 6.45) is 0.556. The number of nitro benzene ring substituents is 1. The number of halogens is 2. The van der Waals surface area contributed by atoms with Gasteiger partial charge in [-0.25, -0.2) is 4.98 Å². The molecule has 0 spiro atoms. The molecule has 0 N–H and O–H groups in total. The molecule has 8 heteroatoms. The number of rotatable bonds is 4. The van der Waals surface area contributed by atoms with E-state index in [9.17, 15) is 14.9 Å². The van der Waals surface area contributed by atoms with Gasteiger partial charge in [0.1, 0.15) is 11.0 Å². The van der Waals surface area contributed by atoms with Gasteiger partial charge in [-0.3, -0.25) is 19.5 Å². The van der Waals surface area contributed by atoms with E-state index in [1.807, 2.05) is 6.92 Å². The molecule has 0 aliphatic rings. The number of nitrogens with zero attached hydrogens (tertiary/aromatic N) is 3. The molecule has 1 heterocycles. The molecule has 0 aliphatic heterocycles. The van der Waals surface area contributed by atoms with Crippen LogP contribution in [0.25, 0.3) is 0 Å². The monoisotopic (exact) mass is 371 g/mol. The maximum atomic E-state index is 12.0. The van der Waals surface area contributed by atoms with E-state index in [4.69, 9.17) is 11.6 Å². The minimum Gasteiger partial charge on any atom is -0.292 e. The van der Waals surface area contributed by atoms with Crippen LogP contribution in [-0.4, -0.2) is 14.5 Å². The second kappa shape index (κ2) is 6.36. The Kier molecular flexibility index (Phi) is 4.74. The average Bonchev–Trinajstić information content (AvgIpc) is 2.42. The first-order chi connectivity index (χ1) is 9.92. The summed E-state index contributed by atoms with van der Waals surface area (Å²) in [6, 6.07) is 5.68. The Balaban J connectivity index is 2.43. The molecule has 0 amide bonds. The van der Waals surface area contributed by atoms with Gasteiger partial charge >= 0.3 is 0 Å². The Bertz CT molecular complexity index is 761. The van der Waals surface area contributed by atoms with Gasteiger partial charge in [0.25, 0.3) is 11.2 Å². The Morgan fingerprint density at radius 2 is 2.14 bits per heavy atom. The third-order valence-electron chi connectivity index (χ3n) is 2.95. The molecule has 0 saturated carbocycles. The smallest absolute Gasteiger partial charge is 0.270 e. The lowest BCUT2D eigenvalue weighted by Crippen LogP contribution is -2.25. The van der Waals surface area contributed by atoms with Crippen molar-refractivity contribution in [3.63, 3.8) is 0 Å². The van der Waals surface area contributed by atoms with Gasteiger partial charge in [-0.05, 0) is 11.6 Å². The van der Waals surface area contributed by atoms with Crippen LogP contribution in [0.15, 0.2) is 33.5 Å². The van der Waals surface area contributed by atoms with E-state index in [1.54, 1.807) is 6.07 Å². The fourth-order valence-corrected chi connectivity index (χ4v) is 2.59. The first-order valence-electron chi connectivity index (χ1n) is 6.11. The molecule has 0 unspecified atom stereocenters. The van der Waals surface area contributed by atoms with Gasteiger partial charge < -0.3 is 0 Å². The average molecular weight is 373 g/mol. The van der Waals surface area contributed by atoms with Gasteiger partial charge in [0.05, 0.1) is 11.5 Å². The van der Waals surface area contributed by atoms with E-state index in [0.717, 1.165) is 5.56 Å². The van der Waals surface area contributed by atoms with Gasteiger partial charge in [-0.1, -0.05) is 34.5 Å². The fraction of sp³-hybridized carbons (Fsp3) is 0.231. The van der Waals surface area contributed by atoms with Crippen molar-refractivity contribution in [3.8, 4) is 0 Å². The molecule has 0 saturated heterocycles. The number of nitro groups is 1. The zero-order chi connectivity index (χ0) is 15.6. The summed E-state index contributed by atoms with van der Waals surface area (Å²) in [5.41, 5.74) is 0.488. The summed E-state index contributed by atoms with van der Waals surface area (Å²) in [5.74, 6) is 0.567. The summed E-state index contributed by atoms with van der Waals surface area (Å²) in [7, 11) is 0. The highest BCUT2D eigenvalue weighted by molar-refractivity contribution is 9.10. The predicted octanol–water partition coefficient (Wildman–Crippen LogP) is 3.18. The Labute approximate surface area is 133 Å². The van der Waals surface area contributed by atoms with E-state index in [1.165, 1.54) is 22.8 Å². The minimum absolute atomic E-state index is 0.0112. The van der Waals surface area contributed by atoms with Crippen molar-refractivity contribution in [2.24, 2.45) is 0 Å². The van der Waals surface area contributed by atoms with Crippen LogP contribution >= 0.6 is 27.5 Å². The lowest BCUT2D eigenvalue weighted by molar-refractivity contribution is -0.384. The summed E-state index contributed by atoms with van der Waals surface area (Å²) in [6.45, 7) is 2.14. The maximum absolute atomic E-state index is 12.0. The second-order valence-electron chi connectivity index (χ2n) is 4.31. The minimum atomic E-state index is -0.470. The number of hydrogen-bond donors (Lipinski definition) is 0. The third kappa shape index (κ3) is 3.48. The Hall–Kier alpha value is -1.73. The predicted molar refractivity (Wildman–Crippen MR) is 82.8 cm³/mol. The maximum Gasteiger partial charge on any atom is 0.270 e. The number of benzene rings is 1. The van der Waals surface area contributed by atoms with Crippen molar-refractivity contribution in [3.05, 3.63) is 65.7 Å². The molecular formula is C13H11BrClN3O3. The lowest BCUT2D eigenvalue weighted by atomic mass is 10.2. The van der Waals surface area contributed by atoms with Crippen LogP contribution in [0.2, 0.25) is 5.15 Å². The molecular weight excluding hydrogens is 362 g/mol. The normalized spacial score (nSPS) is 10.6. The van der Waals surface area contributed by atoms with Crippen LogP contribution in [0.3, 0.4) is 0 Å². The van der Waals surface area contributed by atoms with Crippen LogP contribution in [0.5, 0.6) is 0 Å². The topological polar surface area (TPSA) is 78.0 Å². The lowest BCUT2D eigenvalue weighted by Gasteiger charge is -2.12. The van der Waals surface area contributed by atoms with E-state index >= 15 is 0 Å². The van der Waals surface area contributed by atoms with E-state index in [-0.39, 0.29) is 22.9 Å². The van der Waals surface area contributed by atoms with Crippen LogP contribution in [0.4, 0.5) is 5.69 Å². The molecule has 1 aromatic heterocycles. The van der Waals surface area contributed by atoms with Gasteiger partial charge in [-0.15, -0.1) is 0 Å². The van der Waals surface area contributed by atoms with Crippen molar-refractivity contribution in [2.45, 2.75) is 19.9 Å². The second-order valence-corrected chi connectivity index (χ2v) is 5.55. The van der Waals surface area contributed by atoms with Crippen LogP contribution in [0, 0.1) is 10.1 Å². The summed E-state index contributed by atoms with van der Waals surface area (Å²) >= 11 is 9.07. The van der Waals surface area contributed by atoms with Crippen molar-refractivity contribution in [2.75, 3.05) is 0 Å². The molecule has 2 aromatic rings. The van der Waals surface area contributed by atoms with E-state index < -0.39 is 4.92 Å². The SMILES string of the molecule is CCc1nc(Cl)cc(=O)n1Cc1ccc([N+](=O)[O-])cc1Br. The first kappa shape index (κ1) is 15.7. The van der Waals surface area contributed by atoms with Crippen molar-refractivity contribution < 1.29 is 4.92 Å². The molecule has 1 aromatic carbocycles. The standard InChI is InChI=1S/C13H11BrClN3O3/c1-2-12-16-11(15)6-13(19)17(12)7-8-3-4-9(18(20)21)5-10(8)14/h3-6H,2,7H2,1H3. The van der Waals surface area contributed by atoms with Gasteiger partial charge in [0.15, 0.2) is 0 Å². The molecule has 0 atom stereocenters. The van der Waals surface area contributed by atoms with Crippen LogP contribution in [-0.2, 0) is 13.0 Å². The number of hydrogen-bond acceptors (Lipinski definition) is 4. The summed E-state index contributed by atoms with van der Waals surface area (Å²) < 4.78 is 2.07. The zero-order valence-electron chi connectivity index (χ0n) is 11.0. The summed E-state index contributed by atoms with van der Waals surface area (Å²) in [4.78, 5) is 26.4. The molecule has 0 fully saturated rings. The van der Waals surface area contributed by atoms with Crippen LogP contribution < -0.4 is 5.56 Å². The largest absolute Gasteiger partial charge is 0.292 e. The van der Waals surface area contributed by atoms with Crippen molar-refractivity contribution >= 4 is 33.2 Å².